The standard InChI is InChI=1S/C20H19N3O7S/c1-3-31(28,29)12-8-9-15(24)13(10-12)21-20(27)19-16(25)11-18(26)23(22-19)14-6-4-5-7-17(14)30-2/h4-11,24-25H,3H2,1-2H3,(H,21,27). The molecule has 0 aliphatic rings. The molecule has 3 aromatic rings. The Labute approximate surface area is 177 Å². The van der Waals surface area contributed by atoms with Crippen molar-refractivity contribution >= 4 is 21.4 Å². The second kappa shape index (κ2) is 8.48. The van der Waals surface area contributed by atoms with E-state index in [4.69, 9.17) is 4.74 Å². The van der Waals surface area contributed by atoms with Crippen molar-refractivity contribution in [3.05, 3.63) is 64.6 Å². The van der Waals surface area contributed by atoms with Gasteiger partial charge in [-0.1, -0.05) is 19.1 Å². The molecule has 0 fully saturated rings. The van der Waals surface area contributed by atoms with E-state index in [-0.39, 0.29) is 27.8 Å². The average molecular weight is 445 g/mol. The molecule has 0 spiro atoms. The van der Waals surface area contributed by atoms with Gasteiger partial charge in [-0.05, 0) is 30.3 Å². The fraction of sp³-hybridized carbons (Fsp3) is 0.150. The van der Waals surface area contributed by atoms with Crippen molar-refractivity contribution in [3.63, 3.8) is 0 Å². The predicted octanol–water partition coefficient (Wildman–Crippen LogP) is 1.70. The third-order valence-electron chi connectivity index (χ3n) is 4.40. The van der Waals surface area contributed by atoms with E-state index in [1.54, 1.807) is 18.2 Å². The normalized spacial score (nSPS) is 11.2. The van der Waals surface area contributed by atoms with Gasteiger partial charge in [-0.25, -0.2) is 8.42 Å². The van der Waals surface area contributed by atoms with Crippen LogP contribution >= 0.6 is 0 Å². The molecule has 0 saturated heterocycles. The Hall–Kier alpha value is -3.86. The Bertz CT molecular complexity index is 1320. The van der Waals surface area contributed by atoms with Crippen LogP contribution in [0.1, 0.15) is 17.4 Å². The van der Waals surface area contributed by atoms with E-state index in [0.717, 1.165) is 22.9 Å². The summed E-state index contributed by atoms with van der Waals surface area (Å²) in [5.41, 5.74) is -1.19. The maximum absolute atomic E-state index is 12.7. The summed E-state index contributed by atoms with van der Waals surface area (Å²) in [5, 5.41) is 26.4. The highest BCUT2D eigenvalue weighted by Gasteiger charge is 2.21. The summed E-state index contributed by atoms with van der Waals surface area (Å²) in [6, 6.07) is 10.7. The lowest BCUT2D eigenvalue weighted by atomic mass is 10.2. The van der Waals surface area contributed by atoms with E-state index >= 15 is 0 Å². The Morgan fingerprint density at radius 3 is 2.52 bits per heavy atom. The number of aromatic nitrogens is 2. The van der Waals surface area contributed by atoms with E-state index in [0.29, 0.717) is 5.75 Å². The first-order valence-corrected chi connectivity index (χ1v) is 10.7. The minimum atomic E-state index is -3.59. The number of methoxy groups -OCH3 is 1. The van der Waals surface area contributed by atoms with Gasteiger partial charge >= 0.3 is 0 Å². The molecule has 0 radical (unpaired) electrons. The number of phenolic OH excluding ortho intramolecular Hbond substituents is 1. The first kappa shape index (κ1) is 21.8. The van der Waals surface area contributed by atoms with Crippen molar-refractivity contribution in [1.82, 2.24) is 9.78 Å². The number of hydrogen-bond donors (Lipinski definition) is 3. The molecule has 0 unspecified atom stereocenters. The van der Waals surface area contributed by atoms with Crippen molar-refractivity contribution in [3.8, 4) is 22.9 Å². The number of benzene rings is 2. The summed E-state index contributed by atoms with van der Waals surface area (Å²) >= 11 is 0. The largest absolute Gasteiger partial charge is 0.506 e. The quantitative estimate of drug-likeness (QED) is 0.486. The van der Waals surface area contributed by atoms with E-state index in [1.165, 1.54) is 26.2 Å². The molecule has 1 heterocycles. The number of nitrogens with one attached hydrogen (secondary N) is 1. The smallest absolute Gasteiger partial charge is 0.280 e. The fourth-order valence-electron chi connectivity index (χ4n) is 2.74. The highest BCUT2D eigenvalue weighted by molar-refractivity contribution is 7.91. The molecule has 2 aromatic carbocycles. The Morgan fingerprint density at radius 1 is 1.13 bits per heavy atom. The van der Waals surface area contributed by atoms with Crippen molar-refractivity contribution in [2.75, 3.05) is 18.2 Å². The maximum atomic E-state index is 12.7. The molecule has 31 heavy (non-hydrogen) atoms. The number of carbonyl (C=O) groups is 1. The molecule has 1 aromatic heterocycles. The summed E-state index contributed by atoms with van der Waals surface area (Å²) < 4.78 is 30.2. The Morgan fingerprint density at radius 2 is 1.84 bits per heavy atom. The maximum Gasteiger partial charge on any atom is 0.280 e. The lowest BCUT2D eigenvalue weighted by Crippen LogP contribution is -2.25. The third kappa shape index (κ3) is 4.36. The lowest BCUT2D eigenvalue weighted by molar-refractivity contribution is 0.101. The van der Waals surface area contributed by atoms with E-state index in [2.05, 4.69) is 10.4 Å². The summed E-state index contributed by atoms with van der Waals surface area (Å²) in [6.07, 6.45) is 0. The highest BCUT2D eigenvalue weighted by Crippen LogP contribution is 2.28. The SMILES string of the molecule is CCS(=O)(=O)c1ccc(O)c(NC(=O)c2nn(-c3ccccc3OC)c(=O)cc2O)c1. The van der Waals surface area contributed by atoms with Crippen LogP contribution in [0.25, 0.3) is 5.69 Å². The molecule has 162 valence electrons. The number of rotatable bonds is 6. The van der Waals surface area contributed by atoms with Crippen LogP contribution in [-0.4, -0.2) is 47.2 Å². The van der Waals surface area contributed by atoms with Crippen molar-refractivity contribution in [2.45, 2.75) is 11.8 Å². The van der Waals surface area contributed by atoms with Crippen LogP contribution in [0.3, 0.4) is 0 Å². The van der Waals surface area contributed by atoms with Crippen LogP contribution in [0.5, 0.6) is 17.2 Å². The fourth-order valence-corrected chi connectivity index (χ4v) is 3.65. The van der Waals surface area contributed by atoms with Gasteiger partial charge < -0.3 is 20.3 Å². The van der Waals surface area contributed by atoms with Crippen LogP contribution in [0, 0.1) is 0 Å². The number of para-hydroxylation sites is 2. The molecule has 3 N–H and O–H groups in total. The number of nitrogens with zero attached hydrogens (tertiary/aromatic N) is 2. The molecule has 1 amide bonds. The van der Waals surface area contributed by atoms with Gasteiger partial charge in [0, 0.05) is 6.07 Å². The minimum Gasteiger partial charge on any atom is -0.506 e. The summed E-state index contributed by atoms with van der Waals surface area (Å²) in [7, 11) is -2.19. The highest BCUT2D eigenvalue weighted by atomic mass is 32.2. The van der Waals surface area contributed by atoms with Gasteiger partial charge in [0.05, 0.1) is 23.4 Å². The zero-order valence-electron chi connectivity index (χ0n) is 16.6. The monoisotopic (exact) mass is 445 g/mol. The van der Waals surface area contributed by atoms with Gasteiger partial charge in [0.25, 0.3) is 11.5 Å². The van der Waals surface area contributed by atoms with Crippen LogP contribution in [-0.2, 0) is 9.84 Å². The van der Waals surface area contributed by atoms with Crippen LogP contribution < -0.4 is 15.6 Å². The van der Waals surface area contributed by atoms with Crippen LogP contribution in [0.2, 0.25) is 0 Å². The number of aromatic hydroxyl groups is 2. The van der Waals surface area contributed by atoms with Crippen molar-refractivity contribution in [1.29, 1.82) is 0 Å². The summed E-state index contributed by atoms with van der Waals surface area (Å²) in [4.78, 5) is 25.0. The summed E-state index contributed by atoms with van der Waals surface area (Å²) in [5.74, 6) is -1.91. The number of amides is 1. The first-order chi connectivity index (χ1) is 14.7. The minimum absolute atomic E-state index is 0.0979. The number of sulfone groups is 1. The Kier molecular flexibility index (Phi) is 5.97. The van der Waals surface area contributed by atoms with Gasteiger partial charge in [-0.15, -0.1) is 0 Å². The number of ether oxygens (including phenoxy) is 1. The molecular weight excluding hydrogens is 426 g/mol. The van der Waals surface area contributed by atoms with Gasteiger partial charge in [-0.2, -0.15) is 9.78 Å². The predicted molar refractivity (Wildman–Crippen MR) is 112 cm³/mol. The van der Waals surface area contributed by atoms with E-state index in [9.17, 15) is 28.2 Å². The molecule has 0 saturated carbocycles. The average Bonchev–Trinajstić information content (AvgIpc) is 2.75. The third-order valence-corrected chi connectivity index (χ3v) is 6.13. The number of carbonyl (C=O) groups excluding carboxylic acids is 1. The van der Waals surface area contributed by atoms with Crippen LogP contribution in [0.15, 0.2) is 58.2 Å². The first-order valence-electron chi connectivity index (χ1n) is 9.01. The molecule has 3 rings (SSSR count). The number of anilines is 1. The molecule has 0 atom stereocenters. The molecular formula is C20H19N3O7S. The van der Waals surface area contributed by atoms with Crippen LogP contribution in [0.4, 0.5) is 5.69 Å². The van der Waals surface area contributed by atoms with Gasteiger partial charge in [0.15, 0.2) is 21.3 Å². The second-order valence-corrected chi connectivity index (χ2v) is 8.61. The van der Waals surface area contributed by atoms with Crippen molar-refractivity contribution < 1.29 is 28.2 Å². The van der Waals surface area contributed by atoms with E-state index < -0.39 is 32.7 Å². The molecule has 0 aliphatic heterocycles. The second-order valence-electron chi connectivity index (χ2n) is 6.34. The lowest BCUT2D eigenvalue weighted by Gasteiger charge is -2.13. The van der Waals surface area contributed by atoms with Gasteiger partial charge in [0.2, 0.25) is 0 Å². The molecule has 0 aliphatic carbocycles. The molecule has 11 heteroatoms. The molecule has 0 bridgehead atoms. The zero-order chi connectivity index (χ0) is 22.8. The molecule has 10 nitrogen and oxygen atoms in total. The topological polar surface area (TPSA) is 148 Å². The summed E-state index contributed by atoms with van der Waals surface area (Å²) in [6.45, 7) is 1.46. The van der Waals surface area contributed by atoms with Gasteiger partial charge in [-0.3, -0.25) is 9.59 Å². The number of hydrogen-bond acceptors (Lipinski definition) is 8. The Balaban J connectivity index is 2.04. The van der Waals surface area contributed by atoms with Crippen molar-refractivity contribution in [2.24, 2.45) is 0 Å². The van der Waals surface area contributed by atoms with Gasteiger partial charge in [0.1, 0.15) is 17.2 Å². The number of phenols is 1. The van der Waals surface area contributed by atoms with E-state index in [1.807, 2.05) is 0 Å². The zero-order valence-corrected chi connectivity index (χ0v) is 17.4.